The van der Waals surface area contributed by atoms with E-state index in [-0.39, 0.29) is 0 Å². The Balaban J connectivity index is 1.83. The molecule has 1 N–H and O–H groups in total. The highest BCUT2D eigenvalue weighted by molar-refractivity contribution is 5.31. The summed E-state index contributed by atoms with van der Waals surface area (Å²) in [4.78, 5) is 4.60. The summed E-state index contributed by atoms with van der Waals surface area (Å²) >= 11 is 0. The summed E-state index contributed by atoms with van der Waals surface area (Å²) in [6, 6.07) is 6.85. The average Bonchev–Trinajstić information content (AvgIpc) is 3.13. The second kappa shape index (κ2) is 5.37. The van der Waals surface area contributed by atoms with Crippen LogP contribution in [0, 0.1) is 6.92 Å². The second-order valence-corrected chi connectivity index (χ2v) is 5.97. The Labute approximate surface area is 120 Å². The fraction of sp³-hybridized carbons (Fsp3) is 0.500. The molecule has 4 heteroatoms. The summed E-state index contributed by atoms with van der Waals surface area (Å²) in [6.07, 6.45) is 4.58. The van der Waals surface area contributed by atoms with E-state index in [2.05, 4.69) is 47.4 Å². The number of pyridine rings is 1. The highest BCUT2D eigenvalue weighted by Gasteiger charge is 2.26. The Morgan fingerprint density at radius 3 is 2.85 bits per heavy atom. The molecule has 1 aliphatic carbocycles. The number of nitrogens with zero attached hydrogens (tertiary/aromatic N) is 3. The normalized spacial score (nSPS) is 15.0. The van der Waals surface area contributed by atoms with Gasteiger partial charge in [0.2, 0.25) is 0 Å². The molecule has 0 atom stereocenters. The molecule has 0 saturated heterocycles. The predicted octanol–water partition coefficient (Wildman–Crippen LogP) is 2.95. The van der Waals surface area contributed by atoms with E-state index < -0.39 is 0 Å². The van der Waals surface area contributed by atoms with E-state index in [0.717, 1.165) is 18.1 Å². The first-order valence-corrected chi connectivity index (χ1v) is 7.38. The molecule has 0 spiro atoms. The summed E-state index contributed by atoms with van der Waals surface area (Å²) in [5.74, 6) is 1.60. The quantitative estimate of drug-likeness (QED) is 0.908. The van der Waals surface area contributed by atoms with Gasteiger partial charge >= 0.3 is 0 Å². The van der Waals surface area contributed by atoms with Crippen LogP contribution in [0.5, 0.6) is 0 Å². The minimum Gasteiger partial charge on any atom is -0.310 e. The monoisotopic (exact) mass is 270 g/mol. The van der Waals surface area contributed by atoms with Gasteiger partial charge in [-0.3, -0.25) is 0 Å². The van der Waals surface area contributed by atoms with Gasteiger partial charge in [0.1, 0.15) is 0 Å². The molecule has 0 aliphatic heterocycles. The van der Waals surface area contributed by atoms with Gasteiger partial charge in [0.25, 0.3) is 0 Å². The minimum atomic E-state index is 0.484. The molecule has 1 fully saturated rings. The van der Waals surface area contributed by atoms with Crippen molar-refractivity contribution >= 4 is 0 Å². The van der Waals surface area contributed by atoms with Crippen LogP contribution in [0.3, 0.4) is 0 Å². The van der Waals surface area contributed by atoms with Crippen LogP contribution in [-0.2, 0) is 6.54 Å². The summed E-state index contributed by atoms with van der Waals surface area (Å²) in [7, 11) is 0. The molecule has 1 saturated carbocycles. The lowest BCUT2D eigenvalue weighted by Crippen LogP contribution is -2.22. The molecule has 3 rings (SSSR count). The van der Waals surface area contributed by atoms with Crippen molar-refractivity contribution in [3.8, 4) is 5.82 Å². The molecule has 2 aromatic rings. The lowest BCUT2D eigenvalue weighted by Gasteiger charge is -2.10. The third-order valence-electron chi connectivity index (χ3n) is 3.55. The number of aromatic nitrogens is 3. The van der Waals surface area contributed by atoms with E-state index in [0.29, 0.717) is 12.0 Å². The molecule has 2 heterocycles. The highest BCUT2D eigenvalue weighted by atomic mass is 15.3. The standard InChI is InChI=1S/C16H22N4/c1-11(2)17-10-13-8-12(3)18-16(9-13)20-7-6-15(19-20)14-4-5-14/h6-9,11,14,17H,4-5,10H2,1-3H3. The summed E-state index contributed by atoms with van der Waals surface area (Å²) in [5, 5.41) is 8.10. The SMILES string of the molecule is Cc1cc(CNC(C)C)cc(-n2ccc(C3CC3)n2)n1. The number of nitrogens with one attached hydrogen (secondary N) is 1. The third kappa shape index (κ3) is 3.07. The maximum Gasteiger partial charge on any atom is 0.153 e. The Kier molecular flexibility index (Phi) is 3.57. The first-order valence-electron chi connectivity index (χ1n) is 7.38. The zero-order valence-electron chi connectivity index (χ0n) is 12.4. The lowest BCUT2D eigenvalue weighted by molar-refractivity contribution is 0.588. The second-order valence-electron chi connectivity index (χ2n) is 5.97. The van der Waals surface area contributed by atoms with Crippen molar-refractivity contribution in [2.75, 3.05) is 0 Å². The van der Waals surface area contributed by atoms with Crippen molar-refractivity contribution in [1.29, 1.82) is 0 Å². The molecule has 106 valence electrons. The molecule has 0 aromatic carbocycles. The van der Waals surface area contributed by atoms with Gasteiger partial charge < -0.3 is 5.32 Å². The van der Waals surface area contributed by atoms with Crippen LogP contribution in [0.4, 0.5) is 0 Å². The van der Waals surface area contributed by atoms with Crippen LogP contribution in [0.1, 0.15) is 49.6 Å². The first-order chi connectivity index (χ1) is 9.61. The molecule has 0 unspecified atom stereocenters. The third-order valence-corrected chi connectivity index (χ3v) is 3.55. The van der Waals surface area contributed by atoms with Crippen molar-refractivity contribution in [1.82, 2.24) is 20.1 Å². The van der Waals surface area contributed by atoms with Crippen molar-refractivity contribution in [2.24, 2.45) is 0 Å². The van der Waals surface area contributed by atoms with E-state index in [1.807, 2.05) is 17.8 Å². The largest absolute Gasteiger partial charge is 0.310 e. The van der Waals surface area contributed by atoms with Gasteiger partial charge in [-0.1, -0.05) is 13.8 Å². The summed E-state index contributed by atoms with van der Waals surface area (Å²) in [5.41, 5.74) is 3.49. The Morgan fingerprint density at radius 2 is 2.15 bits per heavy atom. The Morgan fingerprint density at radius 1 is 1.35 bits per heavy atom. The van der Waals surface area contributed by atoms with Gasteiger partial charge in [-0.25, -0.2) is 9.67 Å². The van der Waals surface area contributed by atoms with E-state index in [9.17, 15) is 0 Å². The van der Waals surface area contributed by atoms with Crippen molar-refractivity contribution in [2.45, 2.75) is 52.1 Å². The van der Waals surface area contributed by atoms with Crippen molar-refractivity contribution < 1.29 is 0 Å². The van der Waals surface area contributed by atoms with Crippen LogP contribution in [-0.4, -0.2) is 20.8 Å². The predicted molar refractivity (Wildman–Crippen MR) is 80.0 cm³/mol. The Bertz CT molecular complexity index is 596. The smallest absolute Gasteiger partial charge is 0.153 e. The molecular formula is C16H22N4. The topological polar surface area (TPSA) is 42.7 Å². The van der Waals surface area contributed by atoms with E-state index in [1.54, 1.807) is 0 Å². The molecule has 0 amide bonds. The van der Waals surface area contributed by atoms with Gasteiger partial charge in [0.05, 0.1) is 5.69 Å². The molecule has 4 nitrogen and oxygen atoms in total. The lowest BCUT2D eigenvalue weighted by atomic mass is 10.2. The van der Waals surface area contributed by atoms with Crippen LogP contribution in [0.15, 0.2) is 24.4 Å². The van der Waals surface area contributed by atoms with E-state index in [1.165, 1.54) is 24.1 Å². The van der Waals surface area contributed by atoms with Crippen LogP contribution >= 0.6 is 0 Å². The average molecular weight is 270 g/mol. The number of rotatable bonds is 5. The van der Waals surface area contributed by atoms with Gasteiger partial charge in [0.15, 0.2) is 5.82 Å². The number of hydrogen-bond acceptors (Lipinski definition) is 3. The van der Waals surface area contributed by atoms with Gasteiger partial charge in [-0.15, -0.1) is 0 Å². The van der Waals surface area contributed by atoms with Crippen LogP contribution in [0.2, 0.25) is 0 Å². The molecule has 0 bridgehead atoms. The van der Waals surface area contributed by atoms with E-state index in [4.69, 9.17) is 0 Å². The zero-order valence-corrected chi connectivity index (χ0v) is 12.4. The van der Waals surface area contributed by atoms with Crippen molar-refractivity contribution in [3.05, 3.63) is 41.3 Å². The maximum atomic E-state index is 4.65. The van der Waals surface area contributed by atoms with Gasteiger partial charge in [-0.2, -0.15) is 5.10 Å². The fourth-order valence-electron chi connectivity index (χ4n) is 2.32. The molecule has 0 radical (unpaired) electrons. The number of hydrogen-bond donors (Lipinski definition) is 1. The molecule has 20 heavy (non-hydrogen) atoms. The van der Waals surface area contributed by atoms with E-state index >= 15 is 0 Å². The molecule has 1 aliphatic rings. The summed E-state index contributed by atoms with van der Waals surface area (Å²) < 4.78 is 1.90. The fourth-order valence-corrected chi connectivity index (χ4v) is 2.32. The molecular weight excluding hydrogens is 248 g/mol. The van der Waals surface area contributed by atoms with Crippen LogP contribution in [0.25, 0.3) is 5.82 Å². The Hall–Kier alpha value is -1.68. The zero-order chi connectivity index (χ0) is 14.1. The summed E-state index contributed by atoms with van der Waals surface area (Å²) in [6.45, 7) is 7.22. The van der Waals surface area contributed by atoms with Crippen LogP contribution < -0.4 is 5.32 Å². The first kappa shape index (κ1) is 13.3. The van der Waals surface area contributed by atoms with Gasteiger partial charge in [-0.05, 0) is 43.5 Å². The highest BCUT2D eigenvalue weighted by Crippen LogP contribution is 2.38. The van der Waals surface area contributed by atoms with Crippen molar-refractivity contribution in [3.63, 3.8) is 0 Å². The maximum absolute atomic E-state index is 4.65. The number of aryl methyl sites for hydroxylation is 1. The van der Waals surface area contributed by atoms with Gasteiger partial charge in [0, 0.05) is 30.4 Å². The molecule has 2 aromatic heterocycles. The minimum absolute atomic E-state index is 0.484.